The van der Waals surface area contributed by atoms with Crippen LogP contribution in [0, 0.1) is 0 Å². The monoisotopic (exact) mass is 540 g/mol. The highest BCUT2D eigenvalue weighted by Gasteiger charge is 2.45. The first-order valence-corrected chi connectivity index (χ1v) is 12.8. The Hall–Kier alpha value is -3.06. The first kappa shape index (κ1) is 25.6. The number of nitrogens with zero attached hydrogens (tertiary/aromatic N) is 4. The summed E-state index contributed by atoms with van der Waals surface area (Å²) in [4.78, 5) is 25.1. The van der Waals surface area contributed by atoms with Crippen molar-refractivity contribution in [2.45, 2.75) is 70.7 Å². The fourth-order valence-corrected chi connectivity index (χ4v) is 5.58. The minimum absolute atomic E-state index is 0.0790. The smallest absolute Gasteiger partial charge is 0.444 e. The summed E-state index contributed by atoms with van der Waals surface area (Å²) in [5.41, 5.74) is -0.376. The molecular weight excluding hydrogens is 513 g/mol. The number of halogens is 3. The zero-order chi connectivity index (χ0) is 26.7. The van der Waals surface area contributed by atoms with Crippen molar-refractivity contribution < 1.29 is 37.0 Å². The number of anilines is 1. The van der Waals surface area contributed by atoms with Crippen LogP contribution in [0.1, 0.15) is 52.2 Å². The Morgan fingerprint density at radius 2 is 1.92 bits per heavy atom. The number of thiazole rings is 1. The fraction of sp³-hybridized carbons (Fsp3) is 0.542. The van der Waals surface area contributed by atoms with Crippen LogP contribution in [0.3, 0.4) is 0 Å². The number of aliphatic hydroxyl groups excluding tert-OH is 1. The van der Waals surface area contributed by atoms with E-state index in [-0.39, 0.29) is 40.9 Å². The Morgan fingerprint density at radius 3 is 2.46 bits per heavy atom. The maximum atomic E-state index is 13.4. The molecule has 2 bridgehead atoms. The van der Waals surface area contributed by atoms with Gasteiger partial charge >= 0.3 is 12.5 Å². The van der Waals surface area contributed by atoms with E-state index in [4.69, 9.17) is 9.15 Å². The molecule has 13 heteroatoms. The van der Waals surface area contributed by atoms with Crippen LogP contribution in [0.2, 0.25) is 0 Å². The summed E-state index contributed by atoms with van der Waals surface area (Å²) in [5, 5.41) is 12.5. The molecule has 0 saturated carbocycles. The number of amides is 1. The lowest BCUT2D eigenvalue weighted by Gasteiger charge is -2.40. The van der Waals surface area contributed by atoms with E-state index < -0.39 is 23.8 Å². The molecule has 0 aliphatic carbocycles. The molecular formula is C24H27F3N4O5S. The number of oxazole rings is 1. The molecule has 0 spiro atoms. The van der Waals surface area contributed by atoms with Crippen molar-refractivity contribution in [3.63, 3.8) is 0 Å². The number of benzene rings is 1. The second-order valence-corrected chi connectivity index (χ2v) is 11.1. The quantitative estimate of drug-likeness (QED) is 0.464. The molecule has 5 rings (SSSR count). The Balaban J connectivity index is 1.55. The highest BCUT2D eigenvalue weighted by atomic mass is 32.1. The SMILES string of the molecule is CC(O)c1cc(-c2nccs2)c2oc(N3CC4CCC(C3)N4C(=O)OC(C)(C)C)nc2c1OC(F)(F)F. The molecule has 3 aromatic rings. The Morgan fingerprint density at radius 1 is 1.24 bits per heavy atom. The summed E-state index contributed by atoms with van der Waals surface area (Å²) in [6.45, 7) is 7.54. The maximum Gasteiger partial charge on any atom is 0.573 e. The molecule has 9 nitrogen and oxygen atoms in total. The van der Waals surface area contributed by atoms with Gasteiger partial charge < -0.3 is 23.9 Å². The molecule has 3 atom stereocenters. The minimum Gasteiger partial charge on any atom is -0.444 e. The van der Waals surface area contributed by atoms with Gasteiger partial charge in [0.2, 0.25) is 0 Å². The predicted octanol–water partition coefficient (Wildman–Crippen LogP) is 5.49. The number of alkyl halides is 3. The molecule has 1 N–H and O–H groups in total. The van der Waals surface area contributed by atoms with Crippen LogP contribution >= 0.6 is 11.3 Å². The van der Waals surface area contributed by atoms with Gasteiger partial charge in [0.15, 0.2) is 16.8 Å². The molecule has 4 heterocycles. The van der Waals surface area contributed by atoms with E-state index in [2.05, 4.69) is 14.7 Å². The number of hydrogen-bond acceptors (Lipinski definition) is 9. The van der Waals surface area contributed by atoms with E-state index in [1.807, 2.05) is 25.7 Å². The van der Waals surface area contributed by atoms with Gasteiger partial charge in [-0.25, -0.2) is 9.78 Å². The van der Waals surface area contributed by atoms with Crippen LogP contribution in [-0.2, 0) is 4.74 Å². The van der Waals surface area contributed by atoms with Gasteiger partial charge in [-0.05, 0) is 46.6 Å². The number of hydrogen-bond donors (Lipinski definition) is 1. The number of aliphatic hydroxyl groups is 1. The highest BCUT2D eigenvalue weighted by molar-refractivity contribution is 7.13. The molecule has 2 fully saturated rings. The predicted molar refractivity (Wildman–Crippen MR) is 130 cm³/mol. The van der Waals surface area contributed by atoms with Gasteiger partial charge in [-0.2, -0.15) is 4.98 Å². The van der Waals surface area contributed by atoms with Gasteiger partial charge in [0.05, 0.1) is 23.8 Å². The number of aromatic nitrogens is 2. The third-order valence-corrected chi connectivity index (χ3v) is 7.13. The van der Waals surface area contributed by atoms with E-state index >= 15 is 0 Å². The van der Waals surface area contributed by atoms with Crippen LogP contribution in [0.15, 0.2) is 22.1 Å². The van der Waals surface area contributed by atoms with Gasteiger partial charge in [-0.3, -0.25) is 4.90 Å². The average Bonchev–Trinajstić information content (AvgIpc) is 3.50. The molecule has 0 radical (unpaired) electrons. The molecule has 200 valence electrons. The van der Waals surface area contributed by atoms with Crippen molar-refractivity contribution in [1.82, 2.24) is 14.9 Å². The average molecular weight is 541 g/mol. The second kappa shape index (κ2) is 9.05. The zero-order valence-electron chi connectivity index (χ0n) is 20.7. The van der Waals surface area contributed by atoms with Crippen LogP contribution in [0.5, 0.6) is 5.75 Å². The highest BCUT2D eigenvalue weighted by Crippen LogP contribution is 2.44. The number of ether oxygens (including phenoxy) is 2. The largest absolute Gasteiger partial charge is 0.573 e. The lowest BCUT2D eigenvalue weighted by atomic mass is 10.0. The third-order valence-electron chi connectivity index (χ3n) is 6.33. The summed E-state index contributed by atoms with van der Waals surface area (Å²) in [6.07, 6.45) is -3.56. The van der Waals surface area contributed by atoms with Crippen molar-refractivity contribution in [3.05, 3.63) is 23.2 Å². The maximum absolute atomic E-state index is 13.4. The minimum atomic E-state index is -5.00. The topological polar surface area (TPSA) is 101 Å². The fourth-order valence-electron chi connectivity index (χ4n) is 4.92. The van der Waals surface area contributed by atoms with Crippen molar-refractivity contribution in [2.24, 2.45) is 0 Å². The number of carbonyl (C=O) groups is 1. The van der Waals surface area contributed by atoms with Crippen LogP contribution in [0.4, 0.5) is 24.0 Å². The summed E-state index contributed by atoms with van der Waals surface area (Å²) in [5.74, 6) is -0.608. The standard InChI is InChI=1S/C24H27F3N4O5S/c1-12(32)15-9-16(20-28-7-8-37-20)18-17(19(15)35-24(25,26)27)29-21(34-18)30-10-13-5-6-14(11-30)31(13)22(33)36-23(2,3)4/h7-9,12-14,32H,5-6,10-11H2,1-4H3. The van der Waals surface area contributed by atoms with Crippen molar-refractivity contribution >= 4 is 34.5 Å². The van der Waals surface area contributed by atoms with E-state index in [1.54, 1.807) is 16.5 Å². The van der Waals surface area contributed by atoms with Gasteiger partial charge in [0.1, 0.15) is 10.6 Å². The lowest BCUT2D eigenvalue weighted by molar-refractivity contribution is -0.274. The summed E-state index contributed by atoms with van der Waals surface area (Å²) < 4.78 is 56.1. The molecule has 3 unspecified atom stereocenters. The second-order valence-electron chi connectivity index (χ2n) is 10.3. The summed E-state index contributed by atoms with van der Waals surface area (Å²) in [7, 11) is 0. The molecule has 1 aromatic carbocycles. The normalized spacial score (nSPS) is 21.0. The Bertz CT molecular complexity index is 1290. The third kappa shape index (κ3) is 5.06. The molecule has 1 amide bonds. The van der Waals surface area contributed by atoms with Crippen LogP contribution in [0.25, 0.3) is 21.7 Å². The van der Waals surface area contributed by atoms with Gasteiger partial charge in [-0.15, -0.1) is 24.5 Å². The zero-order valence-corrected chi connectivity index (χ0v) is 21.5. The van der Waals surface area contributed by atoms with Crippen molar-refractivity contribution in [2.75, 3.05) is 18.0 Å². The lowest BCUT2D eigenvalue weighted by Crippen LogP contribution is -2.56. The van der Waals surface area contributed by atoms with Crippen LogP contribution in [-0.4, -0.2) is 63.2 Å². The number of rotatable bonds is 4. The van der Waals surface area contributed by atoms with Crippen molar-refractivity contribution in [3.8, 4) is 16.3 Å². The summed E-state index contributed by atoms with van der Waals surface area (Å²) in [6, 6.07) is 1.21. The van der Waals surface area contributed by atoms with E-state index in [1.165, 1.54) is 24.3 Å². The van der Waals surface area contributed by atoms with Gasteiger partial charge in [-0.1, -0.05) is 0 Å². The summed E-state index contributed by atoms with van der Waals surface area (Å²) >= 11 is 1.28. The number of fused-ring (bicyclic) bond motifs is 3. The van der Waals surface area contributed by atoms with E-state index in [0.29, 0.717) is 23.7 Å². The Labute approximate surface area is 214 Å². The number of piperazine rings is 1. The van der Waals surface area contributed by atoms with Gasteiger partial charge in [0.25, 0.3) is 6.01 Å². The molecule has 2 aliphatic rings. The molecule has 2 aromatic heterocycles. The van der Waals surface area contributed by atoms with Gasteiger partial charge in [0, 0.05) is 30.2 Å². The Kier molecular flexibility index (Phi) is 6.26. The molecule has 37 heavy (non-hydrogen) atoms. The first-order chi connectivity index (χ1) is 17.3. The van der Waals surface area contributed by atoms with E-state index in [9.17, 15) is 23.1 Å². The van der Waals surface area contributed by atoms with Crippen molar-refractivity contribution in [1.29, 1.82) is 0 Å². The van der Waals surface area contributed by atoms with E-state index in [0.717, 1.165) is 12.8 Å². The molecule has 2 aliphatic heterocycles. The first-order valence-electron chi connectivity index (χ1n) is 11.9. The van der Waals surface area contributed by atoms with Crippen LogP contribution < -0.4 is 9.64 Å². The number of carbonyl (C=O) groups excluding carboxylic acids is 1. The molecule has 2 saturated heterocycles.